The SMILES string of the molecule is CCOP(=O)(OCC)OCCCCOc1ccc2cc(C(C)C(=O)Oc3ccc(C(N)=S)cc3)ccc2c1. The van der Waals surface area contributed by atoms with E-state index in [4.69, 9.17) is 41.0 Å². The molecule has 2 N–H and O–H groups in total. The van der Waals surface area contributed by atoms with Gasteiger partial charge in [0.15, 0.2) is 0 Å². The predicted octanol–water partition coefficient (Wildman–Crippen LogP) is 6.54. The molecule has 0 heterocycles. The summed E-state index contributed by atoms with van der Waals surface area (Å²) in [6.07, 6.45) is 1.37. The minimum Gasteiger partial charge on any atom is -0.494 e. The molecular formula is C28H34NO7PS. The van der Waals surface area contributed by atoms with E-state index in [0.717, 1.165) is 28.5 Å². The molecule has 204 valence electrons. The first-order valence-corrected chi connectivity index (χ1v) is 14.4. The topological polar surface area (TPSA) is 106 Å². The normalized spacial score (nSPS) is 12.3. The highest BCUT2D eigenvalue weighted by Crippen LogP contribution is 2.49. The Morgan fingerprint density at radius 1 is 0.868 bits per heavy atom. The molecule has 3 aromatic rings. The van der Waals surface area contributed by atoms with Gasteiger partial charge in [-0.15, -0.1) is 0 Å². The molecule has 8 nitrogen and oxygen atoms in total. The summed E-state index contributed by atoms with van der Waals surface area (Å²) in [6, 6.07) is 18.5. The summed E-state index contributed by atoms with van der Waals surface area (Å²) >= 11 is 4.95. The zero-order valence-corrected chi connectivity index (χ0v) is 23.6. The molecule has 0 saturated heterocycles. The van der Waals surface area contributed by atoms with Crippen LogP contribution >= 0.6 is 20.0 Å². The molecule has 0 saturated carbocycles. The van der Waals surface area contributed by atoms with Gasteiger partial charge in [0.05, 0.1) is 32.3 Å². The number of ether oxygens (including phenoxy) is 2. The van der Waals surface area contributed by atoms with Crippen LogP contribution < -0.4 is 15.2 Å². The Labute approximate surface area is 229 Å². The summed E-state index contributed by atoms with van der Waals surface area (Å²) in [5, 5.41) is 1.99. The zero-order chi connectivity index (χ0) is 27.5. The van der Waals surface area contributed by atoms with Crippen LogP contribution in [-0.2, 0) is 22.9 Å². The van der Waals surface area contributed by atoms with Crippen LogP contribution in [0.4, 0.5) is 0 Å². The Kier molecular flexibility index (Phi) is 11.2. The number of rotatable bonds is 15. The van der Waals surface area contributed by atoms with E-state index >= 15 is 0 Å². The van der Waals surface area contributed by atoms with E-state index in [2.05, 4.69) is 0 Å². The Hall–Kier alpha value is -2.81. The number of hydrogen-bond acceptors (Lipinski definition) is 8. The molecule has 0 aromatic heterocycles. The van der Waals surface area contributed by atoms with E-state index in [1.807, 2.05) is 43.3 Å². The maximum Gasteiger partial charge on any atom is 0.474 e. The number of thiocarbonyl (C=S) groups is 1. The van der Waals surface area contributed by atoms with Gasteiger partial charge < -0.3 is 15.2 Å². The lowest BCUT2D eigenvalue weighted by molar-refractivity contribution is -0.135. The summed E-state index contributed by atoms with van der Waals surface area (Å²) in [5.41, 5.74) is 7.18. The van der Waals surface area contributed by atoms with Crippen molar-refractivity contribution in [2.75, 3.05) is 26.4 Å². The molecule has 0 aliphatic heterocycles. The van der Waals surface area contributed by atoms with Crippen molar-refractivity contribution in [2.24, 2.45) is 5.73 Å². The van der Waals surface area contributed by atoms with Gasteiger partial charge >= 0.3 is 13.8 Å². The molecular weight excluding hydrogens is 525 g/mol. The number of phosphoric ester groups is 1. The highest BCUT2D eigenvalue weighted by molar-refractivity contribution is 7.80. The van der Waals surface area contributed by atoms with Crippen LogP contribution in [-0.4, -0.2) is 37.4 Å². The van der Waals surface area contributed by atoms with Gasteiger partial charge in [0.2, 0.25) is 0 Å². The highest BCUT2D eigenvalue weighted by Gasteiger charge is 2.24. The van der Waals surface area contributed by atoms with Crippen LogP contribution in [0.2, 0.25) is 0 Å². The fourth-order valence-corrected chi connectivity index (χ4v) is 4.97. The monoisotopic (exact) mass is 559 g/mol. The smallest absolute Gasteiger partial charge is 0.474 e. The second-order valence-corrected chi connectivity index (χ2v) is 10.6. The van der Waals surface area contributed by atoms with Gasteiger partial charge in [0.25, 0.3) is 0 Å². The van der Waals surface area contributed by atoms with Crippen LogP contribution in [0.25, 0.3) is 10.8 Å². The molecule has 0 fully saturated rings. The highest BCUT2D eigenvalue weighted by atomic mass is 32.1. The van der Waals surface area contributed by atoms with Crippen molar-refractivity contribution in [3.05, 3.63) is 71.8 Å². The quantitative estimate of drug-likeness (QED) is 0.0730. The molecule has 1 unspecified atom stereocenters. The average molecular weight is 560 g/mol. The van der Waals surface area contributed by atoms with Crippen LogP contribution in [0.3, 0.4) is 0 Å². The lowest BCUT2D eigenvalue weighted by atomic mass is 9.98. The molecule has 10 heteroatoms. The van der Waals surface area contributed by atoms with E-state index in [-0.39, 0.29) is 25.8 Å². The summed E-state index contributed by atoms with van der Waals surface area (Å²) < 4.78 is 39.2. The van der Waals surface area contributed by atoms with Gasteiger partial charge in [-0.05, 0) is 86.3 Å². The predicted molar refractivity (Wildman–Crippen MR) is 152 cm³/mol. The number of hydrogen-bond donors (Lipinski definition) is 1. The Balaban J connectivity index is 1.50. The minimum atomic E-state index is -3.47. The zero-order valence-electron chi connectivity index (χ0n) is 21.9. The fourth-order valence-electron chi connectivity index (χ4n) is 3.63. The molecule has 3 aromatic carbocycles. The lowest BCUT2D eigenvalue weighted by Gasteiger charge is -2.16. The number of benzene rings is 3. The van der Waals surface area contributed by atoms with Gasteiger partial charge in [-0.1, -0.05) is 36.5 Å². The van der Waals surface area contributed by atoms with Crippen LogP contribution in [0.15, 0.2) is 60.7 Å². The number of fused-ring (bicyclic) bond motifs is 1. The second kappa shape index (κ2) is 14.4. The summed E-state index contributed by atoms with van der Waals surface area (Å²) in [6.45, 7) is 6.55. The van der Waals surface area contributed by atoms with Crippen LogP contribution in [0.1, 0.15) is 50.7 Å². The van der Waals surface area contributed by atoms with Gasteiger partial charge in [-0.3, -0.25) is 18.4 Å². The molecule has 0 bridgehead atoms. The number of carbonyl (C=O) groups excluding carboxylic acids is 1. The van der Waals surface area contributed by atoms with Gasteiger partial charge in [-0.2, -0.15) is 0 Å². The molecule has 0 aliphatic carbocycles. The summed E-state index contributed by atoms with van der Waals surface area (Å²) in [7, 11) is -3.47. The Morgan fingerprint density at radius 2 is 1.47 bits per heavy atom. The van der Waals surface area contributed by atoms with Crippen molar-refractivity contribution in [3.8, 4) is 11.5 Å². The Bertz CT molecular complexity index is 1270. The van der Waals surface area contributed by atoms with Crippen molar-refractivity contribution >= 4 is 41.8 Å². The van der Waals surface area contributed by atoms with Crippen molar-refractivity contribution in [1.29, 1.82) is 0 Å². The first kappa shape index (κ1) is 29.7. The number of esters is 1. The molecule has 3 rings (SSSR count). The minimum absolute atomic E-state index is 0.257. The fraction of sp³-hybridized carbons (Fsp3) is 0.357. The first-order valence-electron chi connectivity index (χ1n) is 12.6. The average Bonchev–Trinajstić information content (AvgIpc) is 2.90. The largest absolute Gasteiger partial charge is 0.494 e. The number of nitrogens with two attached hydrogens (primary N) is 1. The number of phosphoric acid groups is 1. The van der Waals surface area contributed by atoms with E-state index < -0.39 is 13.7 Å². The van der Waals surface area contributed by atoms with Crippen molar-refractivity contribution in [1.82, 2.24) is 0 Å². The summed E-state index contributed by atoms with van der Waals surface area (Å²) in [4.78, 5) is 13.0. The van der Waals surface area contributed by atoms with E-state index in [1.165, 1.54) is 0 Å². The van der Waals surface area contributed by atoms with Crippen molar-refractivity contribution in [3.63, 3.8) is 0 Å². The standard InChI is InChI=1S/C28H34NO7PS/c1-4-33-37(31,34-5-2)35-17-7-6-16-32-26-15-12-23-18-22(8-9-24(23)19-26)20(3)28(30)36-25-13-10-21(11-14-25)27(29)38/h8-15,18-20H,4-7,16-17H2,1-3H3,(H2,29,38). The number of unbranched alkanes of at least 4 members (excludes halogenated alkanes) is 1. The lowest BCUT2D eigenvalue weighted by Crippen LogP contribution is -2.16. The number of carbonyl (C=O) groups is 1. The second-order valence-electron chi connectivity index (χ2n) is 8.47. The molecule has 1 atom stereocenters. The van der Waals surface area contributed by atoms with E-state index in [9.17, 15) is 9.36 Å². The molecule has 0 aliphatic rings. The van der Waals surface area contributed by atoms with Gasteiger partial charge in [-0.25, -0.2) is 4.57 Å². The molecule has 0 radical (unpaired) electrons. The van der Waals surface area contributed by atoms with Crippen molar-refractivity contribution in [2.45, 2.75) is 39.5 Å². The maximum atomic E-state index is 12.7. The summed E-state index contributed by atoms with van der Waals surface area (Å²) in [5.74, 6) is 0.380. The van der Waals surface area contributed by atoms with Crippen LogP contribution in [0, 0.1) is 0 Å². The third-order valence-corrected chi connectivity index (χ3v) is 7.56. The van der Waals surface area contributed by atoms with E-state index in [1.54, 1.807) is 38.1 Å². The molecule has 0 spiro atoms. The van der Waals surface area contributed by atoms with Gasteiger partial charge in [0.1, 0.15) is 16.5 Å². The van der Waals surface area contributed by atoms with E-state index in [0.29, 0.717) is 29.3 Å². The maximum absolute atomic E-state index is 12.7. The molecule has 0 amide bonds. The third kappa shape index (κ3) is 8.61. The first-order chi connectivity index (χ1) is 18.2. The van der Waals surface area contributed by atoms with Crippen LogP contribution in [0.5, 0.6) is 11.5 Å². The van der Waals surface area contributed by atoms with Gasteiger partial charge in [0, 0.05) is 5.56 Å². The third-order valence-electron chi connectivity index (χ3n) is 5.68. The molecule has 38 heavy (non-hydrogen) atoms. The Morgan fingerprint density at radius 3 is 2.13 bits per heavy atom. The van der Waals surface area contributed by atoms with Crippen molar-refractivity contribution < 1.29 is 32.4 Å².